The zero-order valence-corrected chi connectivity index (χ0v) is 22.5. The van der Waals surface area contributed by atoms with Gasteiger partial charge in [-0.05, 0) is 104 Å². The van der Waals surface area contributed by atoms with Gasteiger partial charge in [-0.1, -0.05) is 36.4 Å². The van der Waals surface area contributed by atoms with Crippen LogP contribution in [0, 0.1) is 13.8 Å². The quantitative estimate of drug-likeness (QED) is 0.289. The molecular weight excluding hydrogens is 490 g/mol. The van der Waals surface area contributed by atoms with E-state index in [-0.39, 0.29) is 24.9 Å². The predicted octanol–water partition coefficient (Wildman–Crippen LogP) is 6.70. The van der Waals surface area contributed by atoms with Gasteiger partial charge in [0.1, 0.15) is 0 Å². The van der Waals surface area contributed by atoms with Gasteiger partial charge in [-0.3, -0.25) is 14.5 Å². The number of hydrogen-bond acceptors (Lipinski definition) is 3. The highest BCUT2D eigenvalue weighted by Crippen LogP contribution is 2.29. The first-order chi connectivity index (χ1) is 18.8. The molecule has 39 heavy (non-hydrogen) atoms. The fraction of sp³-hybridized carbons (Fsp3) is 0.281. The molecule has 202 valence electrons. The Hall–Kier alpha value is -4.39. The molecule has 0 heterocycles. The Labute approximate surface area is 229 Å². The molecule has 1 aliphatic rings. The van der Waals surface area contributed by atoms with Crippen molar-refractivity contribution in [3.05, 3.63) is 101 Å². The molecule has 3 aromatic rings. The summed E-state index contributed by atoms with van der Waals surface area (Å²) in [7, 11) is 0. The minimum atomic E-state index is -0.965. The maximum absolute atomic E-state index is 13.6. The number of anilines is 2. The van der Waals surface area contributed by atoms with Crippen LogP contribution in [0.1, 0.15) is 64.7 Å². The van der Waals surface area contributed by atoms with Crippen LogP contribution in [0.25, 0.3) is 5.57 Å². The van der Waals surface area contributed by atoms with Gasteiger partial charge in [0.2, 0.25) is 0 Å². The molecule has 3 N–H and O–H groups in total. The topological polar surface area (TPSA) is 98.7 Å². The molecule has 0 aromatic heterocycles. The summed E-state index contributed by atoms with van der Waals surface area (Å²) < 4.78 is 0. The molecule has 7 heteroatoms. The molecule has 0 saturated carbocycles. The zero-order valence-electron chi connectivity index (χ0n) is 22.5. The maximum Gasteiger partial charge on any atom is 0.326 e. The van der Waals surface area contributed by atoms with E-state index in [1.54, 1.807) is 17.0 Å². The molecule has 1 aliphatic carbocycles. The molecule has 0 saturated heterocycles. The average molecular weight is 526 g/mol. The first-order valence-electron chi connectivity index (χ1n) is 13.3. The van der Waals surface area contributed by atoms with Crippen LogP contribution in [-0.2, 0) is 11.3 Å². The normalized spacial score (nSPS) is 12.8. The fourth-order valence-electron chi connectivity index (χ4n) is 4.80. The van der Waals surface area contributed by atoms with Crippen molar-refractivity contribution >= 4 is 34.9 Å². The van der Waals surface area contributed by atoms with Crippen molar-refractivity contribution in [2.45, 2.75) is 52.5 Å². The number of nitrogens with one attached hydrogen (secondary N) is 2. The van der Waals surface area contributed by atoms with Crippen LogP contribution in [0.4, 0.5) is 16.2 Å². The molecule has 0 unspecified atom stereocenters. The second-order valence-corrected chi connectivity index (χ2v) is 10.0. The summed E-state index contributed by atoms with van der Waals surface area (Å²) in [6.07, 6.45) is 6.79. The lowest BCUT2D eigenvalue weighted by molar-refractivity contribution is -0.136. The van der Waals surface area contributed by atoms with E-state index in [2.05, 4.69) is 34.9 Å². The number of aliphatic carboxylic acids is 1. The van der Waals surface area contributed by atoms with E-state index >= 15 is 0 Å². The van der Waals surface area contributed by atoms with Crippen molar-refractivity contribution in [1.29, 1.82) is 0 Å². The van der Waals surface area contributed by atoms with Crippen molar-refractivity contribution < 1.29 is 19.5 Å². The van der Waals surface area contributed by atoms with E-state index in [1.165, 1.54) is 24.0 Å². The first-order valence-corrected chi connectivity index (χ1v) is 13.3. The van der Waals surface area contributed by atoms with E-state index in [1.807, 2.05) is 50.2 Å². The third kappa shape index (κ3) is 7.80. The number of urea groups is 1. The third-order valence-corrected chi connectivity index (χ3v) is 6.74. The summed E-state index contributed by atoms with van der Waals surface area (Å²) in [5.74, 6) is -1.30. The lowest BCUT2D eigenvalue weighted by Gasteiger charge is -2.24. The van der Waals surface area contributed by atoms with Gasteiger partial charge in [0, 0.05) is 23.5 Å². The molecule has 0 bridgehead atoms. The van der Waals surface area contributed by atoms with E-state index in [4.69, 9.17) is 5.11 Å². The van der Waals surface area contributed by atoms with Crippen LogP contribution in [0.15, 0.2) is 72.8 Å². The molecule has 4 rings (SSSR count). The monoisotopic (exact) mass is 525 g/mol. The Morgan fingerprint density at radius 2 is 1.59 bits per heavy atom. The predicted molar refractivity (Wildman–Crippen MR) is 155 cm³/mol. The molecule has 3 aromatic carbocycles. The summed E-state index contributed by atoms with van der Waals surface area (Å²) >= 11 is 0. The van der Waals surface area contributed by atoms with Crippen molar-refractivity contribution in [2.24, 2.45) is 0 Å². The Balaban J connectivity index is 1.54. The summed E-state index contributed by atoms with van der Waals surface area (Å²) in [6, 6.07) is 20.8. The van der Waals surface area contributed by atoms with Crippen LogP contribution in [0.3, 0.4) is 0 Å². The molecule has 0 radical (unpaired) electrons. The summed E-state index contributed by atoms with van der Waals surface area (Å²) in [4.78, 5) is 38.3. The number of carboxylic acid groups (broad SMARTS) is 1. The zero-order chi connectivity index (χ0) is 27.8. The van der Waals surface area contributed by atoms with Gasteiger partial charge in [-0.2, -0.15) is 0 Å². The number of allylic oxidation sites excluding steroid dienone is 2. The molecule has 7 nitrogen and oxygen atoms in total. The van der Waals surface area contributed by atoms with Crippen LogP contribution in [0.2, 0.25) is 0 Å². The number of amides is 3. The number of nitrogens with zero attached hydrogens (tertiary/aromatic N) is 1. The summed E-state index contributed by atoms with van der Waals surface area (Å²) in [5, 5.41) is 14.4. The van der Waals surface area contributed by atoms with E-state index in [0.29, 0.717) is 12.1 Å². The van der Waals surface area contributed by atoms with Crippen molar-refractivity contribution in [3.63, 3.8) is 0 Å². The first kappa shape index (κ1) is 27.6. The van der Waals surface area contributed by atoms with Crippen molar-refractivity contribution in [1.82, 2.24) is 5.32 Å². The van der Waals surface area contributed by atoms with Gasteiger partial charge >= 0.3 is 12.0 Å². The van der Waals surface area contributed by atoms with Crippen LogP contribution >= 0.6 is 0 Å². The van der Waals surface area contributed by atoms with Crippen LogP contribution < -0.4 is 15.5 Å². The Morgan fingerprint density at radius 1 is 0.897 bits per heavy atom. The Kier molecular flexibility index (Phi) is 9.15. The standard InChI is InChI=1S/C32H35N3O4/c1-22-18-23(2)20-28(19-22)34-32(39)35(29-14-12-26(13-15-29)25-6-4-3-5-7-25)21-24-8-10-27(11-9-24)31(38)33-17-16-30(36)37/h6,8-15,18-20H,3-5,7,16-17,21H2,1-2H3,(H,33,38)(H,34,39)(H,36,37). The molecule has 0 atom stereocenters. The summed E-state index contributed by atoms with van der Waals surface area (Å²) in [5.41, 5.74) is 7.47. The van der Waals surface area contributed by atoms with Gasteiger partial charge in [0.15, 0.2) is 0 Å². The molecule has 0 spiro atoms. The maximum atomic E-state index is 13.6. The minimum absolute atomic E-state index is 0.0647. The third-order valence-electron chi connectivity index (χ3n) is 6.74. The average Bonchev–Trinajstić information content (AvgIpc) is 2.92. The number of benzene rings is 3. The summed E-state index contributed by atoms with van der Waals surface area (Å²) in [6.45, 7) is 4.37. The van der Waals surface area contributed by atoms with Crippen LogP contribution in [0.5, 0.6) is 0 Å². The van der Waals surface area contributed by atoms with E-state index in [0.717, 1.165) is 40.9 Å². The highest BCUT2D eigenvalue weighted by Gasteiger charge is 2.18. The van der Waals surface area contributed by atoms with Crippen molar-refractivity contribution in [3.8, 4) is 0 Å². The number of rotatable bonds is 9. The Bertz CT molecular complexity index is 1340. The lowest BCUT2D eigenvalue weighted by Crippen LogP contribution is -2.34. The van der Waals surface area contributed by atoms with Gasteiger partial charge < -0.3 is 15.7 Å². The largest absolute Gasteiger partial charge is 0.481 e. The number of carbonyl (C=O) groups is 3. The lowest BCUT2D eigenvalue weighted by atomic mass is 9.93. The van der Waals surface area contributed by atoms with E-state index in [9.17, 15) is 14.4 Å². The van der Waals surface area contributed by atoms with Gasteiger partial charge in [-0.25, -0.2) is 4.79 Å². The smallest absolute Gasteiger partial charge is 0.326 e. The van der Waals surface area contributed by atoms with Gasteiger partial charge in [-0.15, -0.1) is 0 Å². The molecule has 0 fully saturated rings. The van der Waals surface area contributed by atoms with Crippen molar-refractivity contribution in [2.75, 3.05) is 16.8 Å². The highest BCUT2D eigenvalue weighted by atomic mass is 16.4. The van der Waals surface area contributed by atoms with Gasteiger partial charge in [0.05, 0.1) is 13.0 Å². The van der Waals surface area contributed by atoms with Crippen LogP contribution in [-0.4, -0.2) is 29.6 Å². The second-order valence-electron chi connectivity index (χ2n) is 10.0. The molecular formula is C32H35N3O4. The number of hydrogen-bond donors (Lipinski definition) is 3. The SMILES string of the molecule is Cc1cc(C)cc(NC(=O)N(Cc2ccc(C(=O)NCCC(=O)O)cc2)c2ccc(C3=CCCCC3)cc2)c1. The second kappa shape index (κ2) is 12.9. The fourth-order valence-corrected chi connectivity index (χ4v) is 4.80. The Morgan fingerprint density at radius 3 is 2.21 bits per heavy atom. The van der Waals surface area contributed by atoms with E-state index < -0.39 is 5.97 Å². The number of aryl methyl sites for hydroxylation is 2. The highest BCUT2D eigenvalue weighted by molar-refractivity contribution is 6.02. The minimum Gasteiger partial charge on any atom is -0.481 e. The molecule has 3 amide bonds. The number of carboxylic acids is 1. The molecule has 0 aliphatic heterocycles. The number of carbonyl (C=O) groups excluding carboxylic acids is 2. The van der Waals surface area contributed by atoms with Gasteiger partial charge in [0.25, 0.3) is 5.91 Å².